The van der Waals surface area contributed by atoms with Crippen LogP contribution in [-0.4, -0.2) is 5.11 Å². The molecule has 1 heteroatoms. The molecular formula is C13H18O. The molecule has 1 nitrogen and oxygen atoms in total. The molecule has 0 unspecified atom stereocenters. The van der Waals surface area contributed by atoms with E-state index < -0.39 is 0 Å². The fourth-order valence-corrected chi connectivity index (χ4v) is 1.39. The summed E-state index contributed by atoms with van der Waals surface area (Å²) in [6, 6.07) is 9.96. The quantitative estimate of drug-likeness (QED) is 0.663. The monoisotopic (exact) mass is 190 g/mol. The molecule has 0 saturated heterocycles. The SMILES string of the molecule is CC(=C(O)C(C)(C)C)c1ccccc1. The van der Waals surface area contributed by atoms with Crippen LogP contribution in [0.1, 0.15) is 33.3 Å². The molecule has 1 rings (SSSR count). The summed E-state index contributed by atoms with van der Waals surface area (Å²) in [6.07, 6.45) is 0. The molecule has 76 valence electrons. The van der Waals surface area contributed by atoms with Gasteiger partial charge in [0.1, 0.15) is 5.76 Å². The predicted molar refractivity (Wildman–Crippen MR) is 61.1 cm³/mol. The minimum atomic E-state index is -0.181. The van der Waals surface area contributed by atoms with Crippen LogP contribution in [0.4, 0.5) is 0 Å². The maximum absolute atomic E-state index is 9.99. The van der Waals surface area contributed by atoms with Crippen LogP contribution in [0.15, 0.2) is 36.1 Å². The molecule has 0 aromatic heterocycles. The third-order valence-electron chi connectivity index (χ3n) is 2.27. The molecule has 0 heterocycles. The van der Waals surface area contributed by atoms with Gasteiger partial charge in [-0.25, -0.2) is 0 Å². The van der Waals surface area contributed by atoms with Crippen LogP contribution in [0, 0.1) is 5.41 Å². The van der Waals surface area contributed by atoms with Crippen molar-refractivity contribution >= 4 is 5.57 Å². The first-order valence-corrected chi connectivity index (χ1v) is 4.88. The number of hydrogen-bond acceptors (Lipinski definition) is 1. The maximum Gasteiger partial charge on any atom is 0.101 e. The van der Waals surface area contributed by atoms with Crippen molar-refractivity contribution < 1.29 is 5.11 Å². The van der Waals surface area contributed by atoms with Gasteiger partial charge in [0.2, 0.25) is 0 Å². The first-order chi connectivity index (χ1) is 6.43. The molecule has 1 aromatic rings. The van der Waals surface area contributed by atoms with Crippen LogP contribution in [0.25, 0.3) is 5.57 Å². The minimum Gasteiger partial charge on any atom is -0.511 e. The van der Waals surface area contributed by atoms with Gasteiger partial charge < -0.3 is 5.11 Å². The van der Waals surface area contributed by atoms with Crippen molar-refractivity contribution in [3.8, 4) is 0 Å². The molecule has 0 aliphatic carbocycles. The number of benzene rings is 1. The van der Waals surface area contributed by atoms with Crippen molar-refractivity contribution in [3.63, 3.8) is 0 Å². The lowest BCUT2D eigenvalue weighted by atomic mass is 9.89. The lowest BCUT2D eigenvalue weighted by Crippen LogP contribution is -2.10. The standard InChI is InChI=1S/C13H18O/c1-10(12(14)13(2,3)4)11-8-6-5-7-9-11/h5-9,14H,1-4H3. The van der Waals surface area contributed by atoms with Crippen LogP contribution in [0.2, 0.25) is 0 Å². The first-order valence-electron chi connectivity index (χ1n) is 4.88. The maximum atomic E-state index is 9.99. The van der Waals surface area contributed by atoms with Gasteiger partial charge in [0.05, 0.1) is 0 Å². The molecular weight excluding hydrogens is 172 g/mol. The van der Waals surface area contributed by atoms with Crippen molar-refractivity contribution in [2.24, 2.45) is 5.41 Å². The molecule has 1 aromatic carbocycles. The molecule has 0 radical (unpaired) electrons. The topological polar surface area (TPSA) is 20.2 Å². The van der Waals surface area contributed by atoms with Gasteiger partial charge in [-0.3, -0.25) is 0 Å². The minimum absolute atomic E-state index is 0.181. The van der Waals surface area contributed by atoms with Gasteiger partial charge in [-0.05, 0) is 18.1 Å². The van der Waals surface area contributed by atoms with E-state index in [2.05, 4.69) is 0 Å². The summed E-state index contributed by atoms with van der Waals surface area (Å²) in [5.41, 5.74) is 1.86. The van der Waals surface area contributed by atoms with Gasteiger partial charge >= 0.3 is 0 Å². The molecule has 0 spiro atoms. The van der Waals surface area contributed by atoms with Gasteiger partial charge in [-0.15, -0.1) is 0 Å². The Morgan fingerprint density at radius 3 is 2.00 bits per heavy atom. The highest BCUT2D eigenvalue weighted by atomic mass is 16.3. The van der Waals surface area contributed by atoms with Crippen LogP contribution < -0.4 is 0 Å². The van der Waals surface area contributed by atoms with Gasteiger partial charge in [-0.1, -0.05) is 51.1 Å². The van der Waals surface area contributed by atoms with E-state index in [1.807, 2.05) is 58.0 Å². The molecule has 0 fully saturated rings. The van der Waals surface area contributed by atoms with E-state index in [-0.39, 0.29) is 5.41 Å². The zero-order chi connectivity index (χ0) is 10.8. The number of allylic oxidation sites excluding steroid dienone is 2. The summed E-state index contributed by atoms with van der Waals surface area (Å²) in [7, 11) is 0. The predicted octanol–water partition coefficient (Wildman–Crippen LogP) is 4.02. The van der Waals surface area contributed by atoms with E-state index in [0.717, 1.165) is 11.1 Å². The van der Waals surface area contributed by atoms with Crippen molar-refractivity contribution in [2.75, 3.05) is 0 Å². The average molecular weight is 190 g/mol. The summed E-state index contributed by atoms with van der Waals surface area (Å²) in [5, 5.41) is 9.99. The van der Waals surface area contributed by atoms with E-state index in [1.165, 1.54) is 0 Å². The second-order valence-corrected chi connectivity index (χ2v) is 4.59. The zero-order valence-corrected chi connectivity index (χ0v) is 9.33. The fourth-order valence-electron chi connectivity index (χ4n) is 1.39. The van der Waals surface area contributed by atoms with E-state index in [9.17, 15) is 5.11 Å². The number of aliphatic hydroxyl groups excluding tert-OH is 1. The highest BCUT2D eigenvalue weighted by molar-refractivity contribution is 5.66. The summed E-state index contributed by atoms with van der Waals surface area (Å²) >= 11 is 0. The zero-order valence-electron chi connectivity index (χ0n) is 9.33. The third kappa shape index (κ3) is 2.38. The molecule has 0 bridgehead atoms. The second kappa shape index (κ2) is 3.87. The Morgan fingerprint density at radius 1 is 1.07 bits per heavy atom. The van der Waals surface area contributed by atoms with E-state index in [4.69, 9.17) is 0 Å². The Balaban J connectivity index is 3.12. The van der Waals surface area contributed by atoms with E-state index in [1.54, 1.807) is 0 Å². The molecule has 0 amide bonds. The normalized spacial score (nSPS) is 13.7. The van der Waals surface area contributed by atoms with E-state index in [0.29, 0.717) is 5.76 Å². The van der Waals surface area contributed by atoms with Crippen molar-refractivity contribution in [1.29, 1.82) is 0 Å². The molecule has 0 aliphatic heterocycles. The lowest BCUT2D eigenvalue weighted by molar-refractivity contribution is 0.280. The Hall–Kier alpha value is -1.24. The molecule has 0 atom stereocenters. The average Bonchev–Trinajstić information content (AvgIpc) is 2.15. The summed E-state index contributed by atoms with van der Waals surface area (Å²) in [5.74, 6) is 0.462. The van der Waals surface area contributed by atoms with E-state index >= 15 is 0 Å². The van der Waals surface area contributed by atoms with Crippen LogP contribution in [-0.2, 0) is 0 Å². The number of aliphatic hydroxyl groups is 1. The Morgan fingerprint density at radius 2 is 1.57 bits per heavy atom. The van der Waals surface area contributed by atoms with Crippen LogP contribution >= 0.6 is 0 Å². The van der Waals surface area contributed by atoms with Crippen molar-refractivity contribution in [2.45, 2.75) is 27.7 Å². The van der Waals surface area contributed by atoms with Gasteiger partial charge in [0.25, 0.3) is 0 Å². The van der Waals surface area contributed by atoms with Gasteiger partial charge in [0.15, 0.2) is 0 Å². The first kappa shape index (κ1) is 10.8. The molecule has 0 saturated carbocycles. The molecule has 0 aliphatic rings. The largest absolute Gasteiger partial charge is 0.511 e. The summed E-state index contributed by atoms with van der Waals surface area (Å²) in [4.78, 5) is 0. The van der Waals surface area contributed by atoms with Crippen LogP contribution in [0.5, 0.6) is 0 Å². The second-order valence-electron chi connectivity index (χ2n) is 4.59. The van der Waals surface area contributed by atoms with Gasteiger partial charge in [0, 0.05) is 5.41 Å². The Kier molecular flexibility index (Phi) is 3.00. The smallest absolute Gasteiger partial charge is 0.101 e. The Bertz CT molecular complexity index is 328. The highest BCUT2D eigenvalue weighted by Gasteiger charge is 2.18. The van der Waals surface area contributed by atoms with Crippen LogP contribution in [0.3, 0.4) is 0 Å². The number of rotatable bonds is 1. The molecule has 1 N–H and O–H groups in total. The summed E-state index contributed by atoms with van der Waals surface area (Å²) in [6.45, 7) is 7.98. The highest BCUT2D eigenvalue weighted by Crippen LogP contribution is 2.29. The molecule has 14 heavy (non-hydrogen) atoms. The summed E-state index contributed by atoms with van der Waals surface area (Å²) < 4.78 is 0. The fraction of sp³-hybridized carbons (Fsp3) is 0.385. The Labute approximate surface area is 86.1 Å². The number of hydrogen-bond donors (Lipinski definition) is 1. The van der Waals surface area contributed by atoms with Crippen molar-refractivity contribution in [3.05, 3.63) is 41.7 Å². The lowest BCUT2D eigenvalue weighted by Gasteiger charge is -2.20. The van der Waals surface area contributed by atoms with Gasteiger partial charge in [-0.2, -0.15) is 0 Å². The third-order valence-corrected chi connectivity index (χ3v) is 2.27. The van der Waals surface area contributed by atoms with Crippen molar-refractivity contribution in [1.82, 2.24) is 0 Å².